The van der Waals surface area contributed by atoms with Crippen LogP contribution in [0.5, 0.6) is 0 Å². The third-order valence-electron chi connectivity index (χ3n) is 2.71. The molecule has 0 spiro atoms. The molecule has 1 aliphatic heterocycles. The number of rotatable bonds is 2. The van der Waals surface area contributed by atoms with Crippen molar-refractivity contribution in [3.8, 4) is 0 Å². The van der Waals surface area contributed by atoms with Crippen molar-refractivity contribution < 1.29 is 4.74 Å². The van der Waals surface area contributed by atoms with Crippen molar-refractivity contribution >= 4 is 5.69 Å². The molecule has 3 nitrogen and oxygen atoms in total. The Kier molecular flexibility index (Phi) is 3.23. The van der Waals surface area contributed by atoms with Crippen molar-refractivity contribution in [2.45, 2.75) is 6.04 Å². The first-order valence-electron chi connectivity index (χ1n) is 5.36. The molecule has 0 bridgehead atoms. The molecular weight excluding hydrogens is 188 g/mol. The number of benzene rings is 1. The van der Waals surface area contributed by atoms with E-state index in [-0.39, 0.29) is 0 Å². The van der Waals surface area contributed by atoms with Crippen molar-refractivity contribution in [1.29, 1.82) is 0 Å². The third-order valence-corrected chi connectivity index (χ3v) is 2.71. The summed E-state index contributed by atoms with van der Waals surface area (Å²) in [5.41, 5.74) is 2.54. The number of morpholine rings is 1. The van der Waals surface area contributed by atoms with Crippen LogP contribution in [0.3, 0.4) is 0 Å². The smallest absolute Gasteiger partial charge is 0.0662 e. The number of nitrogens with zero attached hydrogens (tertiary/aromatic N) is 1. The van der Waals surface area contributed by atoms with Gasteiger partial charge in [-0.25, -0.2) is 0 Å². The second-order valence-electron chi connectivity index (χ2n) is 4.07. The van der Waals surface area contributed by atoms with E-state index in [0.717, 1.165) is 19.8 Å². The minimum atomic E-state index is 0.346. The summed E-state index contributed by atoms with van der Waals surface area (Å²) in [7, 11) is 4.12. The number of ether oxygens (including phenoxy) is 1. The first kappa shape index (κ1) is 10.5. The highest BCUT2D eigenvalue weighted by Crippen LogP contribution is 2.20. The zero-order chi connectivity index (χ0) is 10.7. The van der Waals surface area contributed by atoms with E-state index < -0.39 is 0 Å². The van der Waals surface area contributed by atoms with Crippen LogP contribution in [-0.4, -0.2) is 33.9 Å². The van der Waals surface area contributed by atoms with Gasteiger partial charge in [-0.05, 0) is 17.7 Å². The van der Waals surface area contributed by atoms with E-state index in [1.807, 2.05) is 0 Å². The molecule has 0 saturated carbocycles. The van der Waals surface area contributed by atoms with Crippen LogP contribution in [-0.2, 0) is 4.74 Å². The van der Waals surface area contributed by atoms with Gasteiger partial charge in [0.25, 0.3) is 0 Å². The molecule has 1 aromatic carbocycles. The number of nitrogens with one attached hydrogen (secondary N) is 1. The minimum absolute atomic E-state index is 0.346. The Morgan fingerprint density at radius 1 is 1.40 bits per heavy atom. The van der Waals surface area contributed by atoms with E-state index in [1.165, 1.54) is 11.3 Å². The van der Waals surface area contributed by atoms with Gasteiger partial charge in [-0.15, -0.1) is 0 Å². The van der Waals surface area contributed by atoms with Gasteiger partial charge in [0, 0.05) is 26.3 Å². The zero-order valence-corrected chi connectivity index (χ0v) is 9.36. The molecule has 1 aromatic rings. The monoisotopic (exact) mass is 206 g/mol. The fourth-order valence-electron chi connectivity index (χ4n) is 1.80. The average Bonchev–Trinajstić information content (AvgIpc) is 2.30. The fraction of sp³-hybridized carbons (Fsp3) is 0.500. The Hall–Kier alpha value is -1.06. The van der Waals surface area contributed by atoms with Crippen molar-refractivity contribution in [1.82, 2.24) is 5.32 Å². The highest BCUT2D eigenvalue weighted by Gasteiger charge is 2.15. The van der Waals surface area contributed by atoms with E-state index >= 15 is 0 Å². The van der Waals surface area contributed by atoms with Gasteiger partial charge in [0.1, 0.15) is 0 Å². The SMILES string of the molecule is CN(C)c1cccc(C2COCCN2)c1. The molecule has 2 rings (SSSR count). The van der Waals surface area contributed by atoms with Gasteiger partial charge in [-0.1, -0.05) is 12.1 Å². The summed E-state index contributed by atoms with van der Waals surface area (Å²) < 4.78 is 5.46. The van der Waals surface area contributed by atoms with Crippen molar-refractivity contribution in [2.75, 3.05) is 38.8 Å². The summed E-state index contributed by atoms with van der Waals surface area (Å²) in [5, 5.41) is 3.46. The van der Waals surface area contributed by atoms with Crippen LogP contribution in [0.4, 0.5) is 5.69 Å². The standard InChI is InChI=1S/C12H18N2O/c1-14(2)11-5-3-4-10(8-11)12-9-15-7-6-13-12/h3-5,8,12-13H,6-7,9H2,1-2H3. The second-order valence-corrected chi connectivity index (χ2v) is 4.07. The first-order chi connectivity index (χ1) is 7.27. The largest absolute Gasteiger partial charge is 0.378 e. The molecule has 1 fully saturated rings. The van der Waals surface area contributed by atoms with Gasteiger partial charge in [-0.2, -0.15) is 0 Å². The molecule has 0 aliphatic carbocycles. The number of anilines is 1. The van der Waals surface area contributed by atoms with Crippen molar-refractivity contribution in [3.63, 3.8) is 0 Å². The van der Waals surface area contributed by atoms with Crippen molar-refractivity contribution in [3.05, 3.63) is 29.8 Å². The maximum atomic E-state index is 5.46. The number of hydrogen-bond donors (Lipinski definition) is 1. The lowest BCUT2D eigenvalue weighted by molar-refractivity contribution is 0.0769. The van der Waals surface area contributed by atoms with Gasteiger partial charge in [0.15, 0.2) is 0 Å². The Morgan fingerprint density at radius 2 is 2.27 bits per heavy atom. The minimum Gasteiger partial charge on any atom is -0.378 e. The molecular formula is C12H18N2O. The van der Waals surface area contributed by atoms with E-state index in [4.69, 9.17) is 4.74 Å². The molecule has 82 valence electrons. The summed E-state index contributed by atoms with van der Waals surface area (Å²) in [6, 6.07) is 8.93. The third kappa shape index (κ3) is 2.49. The van der Waals surface area contributed by atoms with Crippen molar-refractivity contribution in [2.24, 2.45) is 0 Å². The molecule has 0 radical (unpaired) electrons. The Morgan fingerprint density at radius 3 is 2.93 bits per heavy atom. The van der Waals surface area contributed by atoms with Gasteiger partial charge in [-0.3, -0.25) is 0 Å². The lowest BCUT2D eigenvalue weighted by Gasteiger charge is -2.25. The molecule has 1 aliphatic rings. The molecule has 1 heterocycles. The van der Waals surface area contributed by atoms with E-state index in [1.54, 1.807) is 0 Å². The van der Waals surface area contributed by atoms with Crippen LogP contribution in [0.2, 0.25) is 0 Å². The van der Waals surface area contributed by atoms with Gasteiger partial charge >= 0.3 is 0 Å². The van der Waals surface area contributed by atoms with E-state index in [9.17, 15) is 0 Å². The van der Waals surface area contributed by atoms with Crippen LogP contribution in [0.1, 0.15) is 11.6 Å². The molecule has 1 unspecified atom stereocenters. The molecule has 0 aromatic heterocycles. The molecule has 0 amide bonds. The highest BCUT2D eigenvalue weighted by molar-refractivity contribution is 5.47. The quantitative estimate of drug-likeness (QED) is 0.792. The highest BCUT2D eigenvalue weighted by atomic mass is 16.5. The van der Waals surface area contributed by atoms with E-state index in [0.29, 0.717) is 6.04 Å². The summed E-state index contributed by atoms with van der Waals surface area (Å²) in [6.07, 6.45) is 0. The van der Waals surface area contributed by atoms with Crippen LogP contribution in [0, 0.1) is 0 Å². The predicted molar refractivity (Wildman–Crippen MR) is 62.3 cm³/mol. The predicted octanol–water partition coefficient (Wildman–Crippen LogP) is 1.41. The Bertz CT molecular complexity index is 319. The summed E-state index contributed by atoms with van der Waals surface area (Å²) >= 11 is 0. The normalized spacial score (nSPS) is 21.3. The maximum Gasteiger partial charge on any atom is 0.0662 e. The molecule has 3 heteroatoms. The topological polar surface area (TPSA) is 24.5 Å². The van der Waals surface area contributed by atoms with E-state index in [2.05, 4.69) is 48.6 Å². The maximum absolute atomic E-state index is 5.46. The molecule has 1 atom stereocenters. The average molecular weight is 206 g/mol. The van der Waals surface area contributed by atoms with Crippen LogP contribution in [0.15, 0.2) is 24.3 Å². The summed E-state index contributed by atoms with van der Waals surface area (Å²) in [6.45, 7) is 2.54. The van der Waals surface area contributed by atoms with Crippen LogP contribution in [0.25, 0.3) is 0 Å². The van der Waals surface area contributed by atoms with Gasteiger partial charge < -0.3 is 15.0 Å². The van der Waals surface area contributed by atoms with Gasteiger partial charge in [0.05, 0.1) is 19.3 Å². The second kappa shape index (κ2) is 4.64. The lowest BCUT2D eigenvalue weighted by Crippen LogP contribution is -2.34. The Balaban J connectivity index is 2.16. The number of hydrogen-bond acceptors (Lipinski definition) is 3. The zero-order valence-electron chi connectivity index (χ0n) is 9.36. The first-order valence-corrected chi connectivity index (χ1v) is 5.36. The molecule has 1 saturated heterocycles. The summed E-state index contributed by atoms with van der Waals surface area (Å²) in [5.74, 6) is 0. The lowest BCUT2D eigenvalue weighted by atomic mass is 10.1. The van der Waals surface area contributed by atoms with Gasteiger partial charge in [0.2, 0.25) is 0 Å². The molecule has 15 heavy (non-hydrogen) atoms. The van der Waals surface area contributed by atoms with Crippen LogP contribution >= 0.6 is 0 Å². The Labute approximate surface area is 91.0 Å². The van der Waals surface area contributed by atoms with Crippen LogP contribution < -0.4 is 10.2 Å². The fourth-order valence-corrected chi connectivity index (χ4v) is 1.80. The molecule has 1 N–H and O–H groups in total. The summed E-state index contributed by atoms with van der Waals surface area (Å²) in [4.78, 5) is 2.12.